The smallest absolute Gasteiger partial charge is 0.137 e. The first-order valence-corrected chi connectivity index (χ1v) is 5.90. The van der Waals surface area contributed by atoms with Crippen molar-refractivity contribution in [1.82, 2.24) is 4.98 Å². The van der Waals surface area contributed by atoms with Crippen molar-refractivity contribution in [2.45, 2.75) is 38.6 Å². The number of nitrogens with two attached hydrogens (primary N) is 1. The molecule has 1 aromatic heterocycles. The second-order valence-electron chi connectivity index (χ2n) is 5.00. The van der Waals surface area contributed by atoms with E-state index in [4.69, 9.17) is 10.5 Å². The van der Waals surface area contributed by atoms with Crippen molar-refractivity contribution in [1.29, 1.82) is 0 Å². The minimum Gasteiger partial charge on any atom is -0.495 e. The number of methoxy groups -OCH3 is 1. The molecule has 0 aromatic carbocycles. The van der Waals surface area contributed by atoms with Gasteiger partial charge in [-0.2, -0.15) is 0 Å². The van der Waals surface area contributed by atoms with E-state index in [2.05, 4.69) is 11.9 Å². The zero-order valence-electron chi connectivity index (χ0n) is 10.1. The highest BCUT2D eigenvalue weighted by molar-refractivity contribution is 5.27. The van der Waals surface area contributed by atoms with Gasteiger partial charge in [0.1, 0.15) is 5.75 Å². The van der Waals surface area contributed by atoms with Crippen LogP contribution in [0.5, 0.6) is 5.75 Å². The second-order valence-corrected chi connectivity index (χ2v) is 5.00. The molecule has 0 bridgehead atoms. The number of ether oxygens (including phenoxy) is 1. The molecule has 1 aliphatic carbocycles. The molecule has 1 saturated carbocycles. The van der Waals surface area contributed by atoms with Gasteiger partial charge in [-0.15, -0.1) is 0 Å². The maximum Gasteiger partial charge on any atom is 0.137 e. The molecule has 1 aliphatic rings. The molecule has 2 rings (SSSR count). The minimum atomic E-state index is 0.0672. The van der Waals surface area contributed by atoms with E-state index in [1.54, 1.807) is 13.3 Å². The predicted octanol–water partition coefficient (Wildman–Crippen LogP) is 2.67. The van der Waals surface area contributed by atoms with Crippen molar-refractivity contribution >= 4 is 0 Å². The Bertz CT molecular complexity index is 359. The monoisotopic (exact) mass is 220 g/mol. The van der Waals surface area contributed by atoms with Gasteiger partial charge in [-0.1, -0.05) is 19.8 Å². The lowest BCUT2D eigenvalue weighted by Crippen LogP contribution is -2.29. The summed E-state index contributed by atoms with van der Waals surface area (Å²) in [5.74, 6) is 0.787. The minimum absolute atomic E-state index is 0.0672. The molecule has 1 heterocycles. The lowest BCUT2D eigenvalue weighted by Gasteiger charge is -2.31. The van der Waals surface area contributed by atoms with Crippen LogP contribution in [0.2, 0.25) is 0 Å². The predicted molar refractivity (Wildman–Crippen MR) is 64.3 cm³/mol. The fourth-order valence-electron chi connectivity index (χ4n) is 2.61. The summed E-state index contributed by atoms with van der Waals surface area (Å²) in [7, 11) is 1.66. The first kappa shape index (κ1) is 11.4. The molecule has 1 unspecified atom stereocenters. The van der Waals surface area contributed by atoms with Crippen LogP contribution < -0.4 is 10.5 Å². The van der Waals surface area contributed by atoms with Gasteiger partial charge in [-0.05, 0) is 29.9 Å². The third-order valence-electron chi connectivity index (χ3n) is 3.83. The summed E-state index contributed by atoms with van der Waals surface area (Å²) in [4.78, 5) is 4.17. The molecule has 2 N–H and O–H groups in total. The van der Waals surface area contributed by atoms with Gasteiger partial charge in [0.05, 0.1) is 13.3 Å². The highest BCUT2D eigenvalue weighted by Gasteiger charge is 2.35. The van der Waals surface area contributed by atoms with Gasteiger partial charge in [-0.25, -0.2) is 0 Å². The lowest BCUT2D eigenvalue weighted by atomic mass is 9.78. The van der Waals surface area contributed by atoms with Crippen LogP contribution >= 0.6 is 0 Å². The van der Waals surface area contributed by atoms with Crippen molar-refractivity contribution in [3.8, 4) is 5.75 Å². The van der Waals surface area contributed by atoms with Gasteiger partial charge in [0.2, 0.25) is 0 Å². The number of aromatic nitrogens is 1. The molecule has 0 aliphatic heterocycles. The molecule has 1 atom stereocenters. The average molecular weight is 220 g/mol. The zero-order chi connectivity index (χ0) is 11.6. The summed E-state index contributed by atoms with van der Waals surface area (Å²) in [5.41, 5.74) is 7.68. The quantitative estimate of drug-likeness (QED) is 0.852. The van der Waals surface area contributed by atoms with Crippen molar-refractivity contribution < 1.29 is 4.74 Å². The van der Waals surface area contributed by atoms with Gasteiger partial charge in [0.25, 0.3) is 0 Å². The summed E-state index contributed by atoms with van der Waals surface area (Å²) in [6.07, 6.45) is 8.59. The first-order chi connectivity index (χ1) is 7.65. The molecule has 3 nitrogen and oxygen atoms in total. The molecule has 0 spiro atoms. The summed E-state index contributed by atoms with van der Waals surface area (Å²) in [6.45, 7) is 2.28. The summed E-state index contributed by atoms with van der Waals surface area (Å²) < 4.78 is 5.18. The Labute approximate surface area is 97.0 Å². The summed E-state index contributed by atoms with van der Waals surface area (Å²) >= 11 is 0. The van der Waals surface area contributed by atoms with Crippen LogP contribution in [0.25, 0.3) is 0 Å². The first-order valence-electron chi connectivity index (χ1n) is 5.90. The van der Waals surface area contributed by atoms with Crippen LogP contribution in [-0.2, 0) is 0 Å². The Morgan fingerprint density at radius 2 is 2.06 bits per heavy atom. The number of hydrogen-bond acceptors (Lipinski definition) is 3. The summed E-state index contributed by atoms with van der Waals surface area (Å²) in [6, 6.07) is 2.07. The highest BCUT2D eigenvalue weighted by atomic mass is 16.5. The van der Waals surface area contributed by atoms with Crippen LogP contribution in [0, 0.1) is 5.41 Å². The van der Waals surface area contributed by atoms with Crippen molar-refractivity contribution in [3.05, 3.63) is 24.0 Å². The van der Waals surface area contributed by atoms with E-state index in [-0.39, 0.29) is 11.5 Å². The number of nitrogens with zero attached hydrogens (tertiary/aromatic N) is 1. The maximum atomic E-state index is 6.36. The number of rotatable bonds is 3. The second kappa shape index (κ2) is 4.42. The fourth-order valence-corrected chi connectivity index (χ4v) is 2.61. The van der Waals surface area contributed by atoms with Gasteiger partial charge in [0, 0.05) is 12.2 Å². The normalized spacial score (nSPS) is 20.7. The van der Waals surface area contributed by atoms with E-state index in [1.807, 2.05) is 12.3 Å². The Kier molecular flexibility index (Phi) is 3.15. The Morgan fingerprint density at radius 1 is 1.38 bits per heavy atom. The zero-order valence-corrected chi connectivity index (χ0v) is 10.1. The SMILES string of the molecule is COc1cncc(C(N)C2(C)CCCC2)c1. The molecule has 0 radical (unpaired) electrons. The summed E-state index contributed by atoms with van der Waals surface area (Å²) in [5, 5.41) is 0. The number of pyridine rings is 1. The van der Waals surface area contributed by atoms with Gasteiger partial charge >= 0.3 is 0 Å². The molecule has 3 heteroatoms. The van der Waals surface area contributed by atoms with Crippen LogP contribution in [0.3, 0.4) is 0 Å². The lowest BCUT2D eigenvalue weighted by molar-refractivity contribution is 0.264. The van der Waals surface area contributed by atoms with Crippen molar-refractivity contribution in [2.24, 2.45) is 11.1 Å². The van der Waals surface area contributed by atoms with E-state index < -0.39 is 0 Å². The maximum absolute atomic E-state index is 6.36. The average Bonchev–Trinajstić information content (AvgIpc) is 2.76. The van der Waals surface area contributed by atoms with E-state index >= 15 is 0 Å². The Balaban J connectivity index is 2.22. The highest BCUT2D eigenvalue weighted by Crippen LogP contribution is 2.46. The van der Waals surface area contributed by atoms with Crippen molar-refractivity contribution in [3.63, 3.8) is 0 Å². The van der Waals surface area contributed by atoms with Gasteiger partial charge in [0.15, 0.2) is 0 Å². The van der Waals surface area contributed by atoms with Gasteiger partial charge in [-0.3, -0.25) is 4.98 Å². The van der Waals surface area contributed by atoms with Crippen LogP contribution in [-0.4, -0.2) is 12.1 Å². The molecular formula is C13H20N2O. The number of hydrogen-bond donors (Lipinski definition) is 1. The Morgan fingerprint density at radius 3 is 2.69 bits per heavy atom. The topological polar surface area (TPSA) is 48.1 Å². The third-order valence-corrected chi connectivity index (χ3v) is 3.83. The van der Waals surface area contributed by atoms with Crippen molar-refractivity contribution in [2.75, 3.05) is 7.11 Å². The molecule has 0 amide bonds. The third kappa shape index (κ3) is 2.05. The van der Waals surface area contributed by atoms with E-state index in [0.717, 1.165) is 11.3 Å². The van der Waals surface area contributed by atoms with Crippen LogP contribution in [0.1, 0.15) is 44.2 Å². The van der Waals surface area contributed by atoms with Crippen LogP contribution in [0.15, 0.2) is 18.5 Å². The molecular weight excluding hydrogens is 200 g/mol. The van der Waals surface area contributed by atoms with E-state index in [0.29, 0.717) is 0 Å². The molecule has 1 aromatic rings. The van der Waals surface area contributed by atoms with E-state index in [9.17, 15) is 0 Å². The largest absolute Gasteiger partial charge is 0.495 e. The van der Waals surface area contributed by atoms with E-state index in [1.165, 1.54) is 25.7 Å². The fraction of sp³-hybridized carbons (Fsp3) is 0.615. The standard InChI is InChI=1S/C13H20N2O/c1-13(5-3-4-6-13)12(14)10-7-11(16-2)9-15-8-10/h7-9,12H,3-6,14H2,1-2H3. The molecule has 16 heavy (non-hydrogen) atoms. The van der Waals surface area contributed by atoms with Gasteiger partial charge < -0.3 is 10.5 Å². The Hall–Kier alpha value is -1.09. The molecule has 0 saturated heterocycles. The molecule has 1 fully saturated rings. The molecule has 88 valence electrons. The van der Waals surface area contributed by atoms with Crippen LogP contribution in [0.4, 0.5) is 0 Å².